The van der Waals surface area contributed by atoms with Gasteiger partial charge in [-0.2, -0.15) is 0 Å². The lowest BCUT2D eigenvalue weighted by Crippen LogP contribution is -2.59. The van der Waals surface area contributed by atoms with Crippen LogP contribution in [-0.4, -0.2) is 82.2 Å². The van der Waals surface area contributed by atoms with Crippen LogP contribution in [0.1, 0.15) is 32.3 Å². The number of aliphatic hydroxyl groups is 1. The molecule has 0 aliphatic heterocycles. The van der Waals surface area contributed by atoms with Crippen LogP contribution >= 0.6 is 0 Å². The largest absolute Gasteiger partial charge is 0.480 e. The maximum Gasteiger partial charge on any atom is 0.326 e. The first-order valence-corrected chi connectivity index (χ1v) is 12.5. The molecular weight excluding hydrogens is 508 g/mol. The second kappa shape index (κ2) is 14.7. The average molecular weight is 547 g/mol. The number of aliphatic carboxylic acids is 1. The molecule has 4 atom stereocenters. The highest BCUT2D eigenvalue weighted by Crippen LogP contribution is 2.19. The molecule has 0 saturated carbocycles. The predicted molar refractivity (Wildman–Crippen MR) is 145 cm³/mol. The molecule has 14 nitrogen and oxygen atoms in total. The number of nitrogens with two attached hydrogens (primary N) is 3. The fourth-order valence-electron chi connectivity index (χ4n) is 3.89. The van der Waals surface area contributed by atoms with E-state index in [-0.39, 0.29) is 25.3 Å². The van der Waals surface area contributed by atoms with Crippen molar-refractivity contribution in [3.8, 4) is 0 Å². The molecular formula is C25H38N8O6. The fraction of sp³-hybridized carbons (Fsp3) is 0.480. The van der Waals surface area contributed by atoms with Crippen molar-refractivity contribution in [3.63, 3.8) is 0 Å². The van der Waals surface area contributed by atoms with Gasteiger partial charge in [-0.25, -0.2) is 4.79 Å². The highest BCUT2D eigenvalue weighted by atomic mass is 16.4. The summed E-state index contributed by atoms with van der Waals surface area (Å²) in [7, 11) is 0. The smallest absolute Gasteiger partial charge is 0.326 e. The number of hydrogen-bond acceptors (Lipinski definition) is 7. The van der Waals surface area contributed by atoms with Crippen molar-refractivity contribution in [1.82, 2.24) is 20.9 Å². The SMILES string of the molecule is CC(C)C(NC(=O)C(Cc1c[nH]c2ccccc12)NC(=O)C(CO)NC(=O)C(N)CCCN=C(N)N)C(=O)O. The van der Waals surface area contributed by atoms with Gasteiger partial charge in [-0.15, -0.1) is 0 Å². The van der Waals surface area contributed by atoms with Gasteiger partial charge in [0, 0.05) is 30.1 Å². The summed E-state index contributed by atoms with van der Waals surface area (Å²) in [6.45, 7) is 2.80. The van der Waals surface area contributed by atoms with Crippen LogP contribution < -0.4 is 33.2 Å². The first-order chi connectivity index (χ1) is 18.4. The van der Waals surface area contributed by atoms with E-state index < -0.39 is 60.4 Å². The number of aromatic amines is 1. The minimum atomic E-state index is -1.40. The van der Waals surface area contributed by atoms with Crippen molar-refractivity contribution in [2.45, 2.75) is 57.3 Å². The fourth-order valence-corrected chi connectivity index (χ4v) is 3.89. The molecule has 1 heterocycles. The lowest BCUT2D eigenvalue weighted by molar-refractivity contribution is -0.143. The molecule has 0 radical (unpaired) electrons. The van der Waals surface area contributed by atoms with Crippen LogP contribution in [0.3, 0.4) is 0 Å². The normalized spacial score (nSPS) is 14.2. The number of rotatable bonds is 15. The van der Waals surface area contributed by atoms with Gasteiger partial charge in [-0.1, -0.05) is 32.0 Å². The number of hydrogen-bond donors (Lipinski definition) is 9. The third-order valence-electron chi connectivity index (χ3n) is 6.08. The Kier molecular flexibility index (Phi) is 11.7. The van der Waals surface area contributed by atoms with Gasteiger partial charge in [0.05, 0.1) is 12.6 Å². The molecule has 14 heteroatoms. The van der Waals surface area contributed by atoms with Crippen LogP contribution in [0.4, 0.5) is 0 Å². The van der Waals surface area contributed by atoms with E-state index in [1.165, 1.54) is 0 Å². The Bertz CT molecular complexity index is 1180. The molecule has 3 amide bonds. The zero-order valence-corrected chi connectivity index (χ0v) is 22.0. The Balaban J connectivity index is 2.17. The van der Waals surface area contributed by atoms with E-state index in [1.807, 2.05) is 24.3 Å². The molecule has 1 aromatic carbocycles. The Labute approximate surface area is 225 Å². The number of para-hydroxylation sites is 1. The first-order valence-electron chi connectivity index (χ1n) is 12.5. The third-order valence-corrected chi connectivity index (χ3v) is 6.08. The van der Waals surface area contributed by atoms with E-state index in [1.54, 1.807) is 20.0 Å². The molecule has 12 N–H and O–H groups in total. The second-order valence-electron chi connectivity index (χ2n) is 9.49. The summed E-state index contributed by atoms with van der Waals surface area (Å²) >= 11 is 0. The van der Waals surface area contributed by atoms with Crippen molar-refractivity contribution < 1.29 is 29.4 Å². The molecule has 0 spiro atoms. The molecule has 214 valence electrons. The summed E-state index contributed by atoms with van der Waals surface area (Å²) < 4.78 is 0. The second-order valence-corrected chi connectivity index (χ2v) is 9.49. The van der Waals surface area contributed by atoms with Crippen molar-refractivity contribution in [1.29, 1.82) is 0 Å². The molecule has 4 unspecified atom stereocenters. The monoisotopic (exact) mass is 546 g/mol. The third kappa shape index (κ3) is 9.26. The standard InChI is InChI=1S/C25H38N8O6/c1-13(2)20(24(38)39)33-22(36)18(10-14-11-30-17-8-4-3-6-15(14)17)31-23(37)19(12-34)32-21(35)16(26)7-5-9-29-25(27)28/h3-4,6,8,11,13,16,18-20,30,34H,5,7,9-10,12,26H2,1-2H3,(H,31,37)(H,32,35)(H,33,36)(H,38,39)(H4,27,28,29). The number of aliphatic imine (C=N–C) groups is 1. The van der Waals surface area contributed by atoms with Crippen LogP contribution in [0, 0.1) is 5.92 Å². The van der Waals surface area contributed by atoms with Crippen molar-refractivity contribution in [3.05, 3.63) is 36.0 Å². The number of nitrogens with zero attached hydrogens (tertiary/aromatic N) is 1. The number of carboxylic acid groups (broad SMARTS) is 1. The minimum absolute atomic E-state index is 0.0163. The quantitative estimate of drug-likeness (QED) is 0.0698. The van der Waals surface area contributed by atoms with Crippen molar-refractivity contribution in [2.24, 2.45) is 28.1 Å². The number of benzene rings is 1. The van der Waals surface area contributed by atoms with Crippen LogP contribution in [-0.2, 0) is 25.6 Å². The summed E-state index contributed by atoms with van der Waals surface area (Å²) in [6.07, 6.45) is 2.35. The first kappa shape index (κ1) is 31.1. The van der Waals surface area contributed by atoms with Crippen molar-refractivity contribution in [2.75, 3.05) is 13.2 Å². The Morgan fingerprint density at radius 3 is 2.26 bits per heavy atom. The summed E-state index contributed by atoms with van der Waals surface area (Å²) in [4.78, 5) is 57.3. The number of aromatic nitrogens is 1. The van der Waals surface area contributed by atoms with Gasteiger partial charge in [-0.3, -0.25) is 19.4 Å². The molecule has 0 bridgehead atoms. The number of carbonyl (C=O) groups is 4. The Morgan fingerprint density at radius 2 is 1.64 bits per heavy atom. The Hall–Kier alpha value is -4.17. The van der Waals surface area contributed by atoms with Crippen LogP contribution in [0.25, 0.3) is 10.9 Å². The summed E-state index contributed by atoms with van der Waals surface area (Å²) in [6, 6.07) is 2.57. The maximum atomic E-state index is 13.2. The topological polar surface area (TPSA) is 251 Å². The van der Waals surface area contributed by atoms with Crippen molar-refractivity contribution >= 4 is 40.6 Å². The van der Waals surface area contributed by atoms with Gasteiger partial charge >= 0.3 is 5.97 Å². The van der Waals surface area contributed by atoms with Gasteiger partial charge in [0.1, 0.15) is 18.1 Å². The zero-order valence-electron chi connectivity index (χ0n) is 22.0. The number of H-pyrrole nitrogens is 1. The maximum absolute atomic E-state index is 13.2. The molecule has 0 aliphatic rings. The highest BCUT2D eigenvalue weighted by Gasteiger charge is 2.31. The van der Waals surface area contributed by atoms with E-state index in [2.05, 4.69) is 25.9 Å². The van der Waals surface area contributed by atoms with E-state index >= 15 is 0 Å². The summed E-state index contributed by atoms with van der Waals surface area (Å²) in [5.41, 5.74) is 17.9. The lowest BCUT2D eigenvalue weighted by Gasteiger charge is -2.25. The van der Waals surface area contributed by atoms with Gasteiger partial charge in [-0.05, 0) is 30.4 Å². The van der Waals surface area contributed by atoms with Crippen LogP contribution in [0.5, 0.6) is 0 Å². The number of carbonyl (C=O) groups excluding carboxylic acids is 3. The van der Waals surface area contributed by atoms with Gasteiger partial charge in [0.25, 0.3) is 0 Å². The van der Waals surface area contributed by atoms with Gasteiger partial charge < -0.3 is 48.3 Å². The number of amides is 3. The number of carboxylic acids is 1. The van der Waals surface area contributed by atoms with E-state index in [0.717, 1.165) is 10.9 Å². The summed E-state index contributed by atoms with van der Waals surface area (Å²) in [5.74, 6) is -3.97. The molecule has 2 rings (SSSR count). The minimum Gasteiger partial charge on any atom is -0.480 e. The lowest BCUT2D eigenvalue weighted by atomic mass is 10.0. The molecule has 0 fully saturated rings. The number of nitrogens with one attached hydrogen (secondary N) is 4. The van der Waals surface area contributed by atoms with Crippen LogP contribution in [0.2, 0.25) is 0 Å². The number of aliphatic hydroxyl groups excluding tert-OH is 1. The molecule has 0 saturated heterocycles. The highest BCUT2D eigenvalue weighted by molar-refractivity contribution is 5.95. The zero-order chi connectivity index (χ0) is 29.1. The molecule has 2 aromatic rings. The van der Waals surface area contributed by atoms with E-state index in [9.17, 15) is 29.4 Å². The van der Waals surface area contributed by atoms with E-state index in [4.69, 9.17) is 17.2 Å². The van der Waals surface area contributed by atoms with Gasteiger partial charge in [0.15, 0.2) is 5.96 Å². The number of guanidine groups is 1. The van der Waals surface area contributed by atoms with Crippen LogP contribution in [0.15, 0.2) is 35.5 Å². The number of fused-ring (bicyclic) bond motifs is 1. The van der Waals surface area contributed by atoms with Gasteiger partial charge in [0.2, 0.25) is 17.7 Å². The molecule has 0 aliphatic carbocycles. The average Bonchev–Trinajstić information content (AvgIpc) is 3.29. The molecule has 39 heavy (non-hydrogen) atoms. The van der Waals surface area contributed by atoms with E-state index in [0.29, 0.717) is 12.0 Å². The molecule has 1 aromatic heterocycles. The summed E-state index contributed by atoms with van der Waals surface area (Å²) in [5, 5.41) is 27.5. The Morgan fingerprint density at radius 1 is 1.00 bits per heavy atom. The predicted octanol–water partition coefficient (Wildman–Crippen LogP) is -1.72.